The number of rotatable bonds is 11. The first kappa shape index (κ1) is 29.6. The van der Waals surface area contributed by atoms with Crippen molar-refractivity contribution in [2.24, 2.45) is 0 Å². The zero-order valence-electron chi connectivity index (χ0n) is 19.5. The standard InChI is InChI=1S/C16H20FN3OS.C6H8O7/c1-19(2)8-9-20(3)15(21)10-12-11-22-16(18-12)13-6-4-5-7-14(13)17;7-3(8)1-6(13,5(11)12)2-4(9)10/h4-7,11H,8-10H2,1-3H3;13H,1-2H2,(H,7,8)(H,9,10)(H,11,12). The highest BCUT2D eigenvalue weighted by atomic mass is 32.1. The fourth-order valence-corrected chi connectivity index (χ4v) is 3.47. The number of aliphatic carboxylic acids is 3. The van der Waals surface area contributed by atoms with Gasteiger partial charge in [-0.05, 0) is 26.2 Å². The van der Waals surface area contributed by atoms with Crippen molar-refractivity contribution in [3.05, 3.63) is 41.2 Å². The Hall–Kier alpha value is -3.42. The van der Waals surface area contributed by atoms with Crippen molar-refractivity contribution in [2.75, 3.05) is 34.2 Å². The lowest BCUT2D eigenvalue weighted by Crippen LogP contribution is -2.42. The third-order valence-electron chi connectivity index (χ3n) is 4.58. The van der Waals surface area contributed by atoms with E-state index in [1.54, 1.807) is 30.1 Å². The molecule has 0 atom stereocenters. The maximum Gasteiger partial charge on any atom is 0.336 e. The van der Waals surface area contributed by atoms with Crippen molar-refractivity contribution in [1.82, 2.24) is 14.8 Å². The zero-order chi connectivity index (χ0) is 26.8. The molecule has 35 heavy (non-hydrogen) atoms. The van der Waals surface area contributed by atoms with Gasteiger partial charge in [0.25, 0.3) is 0 Å². The number of amides is 1. The largest absolute Gasteiger partial charge is 0.481 e. The molecule has 192 valence electrons. The molecule has 0 aliphatic heterocycles. The van der Waals surface area contributed by atoms with Gasteiger partial charge in [-0.15, -0.1) is 11.3 Å². The van der Waals surface area contributed by atoms with Crippen molar-refractivity contribution < 1.29 is 44.0 Å². The van der Waals surface area contributed by atoms with Gasteiger partial charge in [0.2, 0.25) is 5.91 Å². The van der Waals surface area contributed by atoms with Gasteiger partial charge in [-0.1, -0.05) is 12.1 Å². The van der Waals surface area contributed by atoms with Gasteiger partial charge < -0.3 is 30.2 Å². The normalized spacial score (nSPS) is 10.9. The van der Waals surface area contributed by atoms with Gasteiger partial charge in [0.1, 0.15) is 10.8 Å². The number of benzene rings is 1. The number of halogens is 1. The number of hydrogen-bond donors (Lipinski definition) is 4. The van der Waals surface area contributed by atoms with E-state index in [0.29, 0.717) is 22.8 Å². The lowest BCUT2D eigenvalue weighted by Gasteiger charge is -2.19. The number of aliphatic hydroxyl groups is 1. The molecule has 1 heterocycles. The Morgan fingerprint density at radius 3 is 2.06 bits per heavy atom. The lowest BCUT2D eigenvalue weighted by atomic mass is 9.96. The lowest BCUT2D eigenvalue weighted by molar-refractivity contribution is -0.170. The molecule has 0 fully saturated rings. The second-order valence-electron chi connectivity index (χ2n) is 7.90. The van der Waals surface area contributed by atoms with E-state index in [9.17, 15) is 23.6 Å². The minimum atomic E-state index is -2.74. The molecule has 2 rings (SSSR count). The summed E-state index contributed by atoms with van der Waals surface area (Å²) in [7, 11) is 5.73. The molecule has 11 nitrogen and oxygen atoms in total. The van der Waals surface area contributed by atoms with Crippen LogP contribution in [0.1, 0.15) is 18.5 Å². The Kier molecular flexibility index (Phi) is 11.4. The van der Waals surface area contributed by atoms with E-state index < -0.39 is 36.4 Å². The first-order valence-electron chi connectivity index (χ1n) is 10.2. The molecular formula is C22H28FN3O8S. The van der Waals surface area contributed by atoms with Gasteiger partial charge >= 0.3 is 17.9 Å². The number of hydrogen-bond acceptors (Lipinski definition) is 8. The first-order chi connectivity index (χ1) is 16.2. The molecule has 0 aliphatic carbocycles. The molecule has 0 bridgehead atoms. The quantitative estimate of drug-likeness (QED) is 0.343. The monoisotopic (exact) mass is 513 g/mol. The Morgan fingerprint density at radius 1 is 1.00 bits per heavy atom. The summed E-state index contributed by atoms with van der Waals surface area (Å²) in [5.41, 5.74) is -1.57. The van der Waals surface area contributed by atoms with Gasteiger partial charge in [-0.3, -0.25) is 14.4 Å². The highest BCUT2D eigenvalue weighted by molar-refractivity contribution is 7.13. The predicted octanol–water partition coefficient (Wildman–Crippen LogP) is 1.26. The van der Waals surface area contributed by atoms with Gasteiger partial charge in [-0.25, -0.2) is 14.2 Å². The molecule has 0 saturated heterocycles. The number of carboxylic acids is 3. The van der Waals surface area contributed by atoms with Gasteiger partial charge in [0.05, 0.1) is 25.0 Å². The smallest absolute Gasteiger partial charge is 0.336 e. The van der Waals surface area contributed by atoms with Gasteiger partial charge in [0.15, 0.2) is 5.60 Å². The van der Waals surface area contributed by atoms with Crippen LogP contribution >= 0.6 is 11.3 Å². The maximum absolute atomic E-state index is 13.7. The zero-order valence-corrected chi connectivity index (χ0v) is 20.3. The van der Waals surface area contributed by atoms with E-state index in [0.717, 1.165) is 6.54 Å². The van der Waals surface area contributed by atoms with Crippen LogP contribution in [0.25, 0.3) is 10.6 Å². The van der Waals surface area contributed by atoms with Crippen LogP contribution in [0.4, 0.5) is 4.39 Å². The minimum absolute atomic E-state index is 0.0206. The molecular weight excluding hydrogens is 485 g/mol. The Labute approximate surface area is 205 Å². The summed E-state index contributed by atoms with van der Waals surface area (Å²) in [6, 6.07) is 6.54. The number of nitrogens with zero attached hydrogens (tertiary/aromatic N) is 3. The molecule has 0 aliphatic rings. The second-order valence-corrected chi connectivity index (χ2v) is 8.76. The van der Waals surface area contributed by atoms with E-state index in [2.05, 4.69) is 4.98 Å². The highest BCUT2D eigenvalue weighted by Crippen LogP contribution is 2.26. The van der Waals surface area contributed by atoms with Crippen LogP contribution in [0.5, 0.6) is 0 Å². The fourth-order valence-electron chi connectivity index (χ4n) is 2.63. The summed E-state index contributed by atoms with van der Waals surface area (Å²) in [6.45, 7) is 1.50. The summed E-state index contributed by atoms with van der Waals surface area (Å²) in [5.74, 6) is -5.29. The van der Waals surface area contributed by atoms with Crippen LogP contribution in [0, 0.1) is 5.82 Å². The average molecular weight is 514 g/mol. The summed E-state index contributed by atoms with van der Waals surface area (Å²) in [4.78, 5) is 50.7. The van der Waals surface area contributed by atoms with Crippen LogP contribution in [-0.4, -0.2) is 98.9 Å². The van der Waals surface area contributed by atoms with E-state index in [4.69, 9.17) is 20.4 Å². The predicted molar refractivity (Wildman–Crippen MR) is 124 cm³/mol. The number of aromatic nitrogens is 1. The average Bonchev–Trinajstić information content (AvgIpc) is 3.19. The first-order valence-corrected chi connectivity index (χ1v) is 11.1. The van der Waals surface area contributed by atoms with Crippen molar-refractivity contribution in [2.45, 2.75) is 24.9 Å². The number of thiazole rings is 1. The summed E-state index contributed by atoms with van der Waals surface area (Å²) in [6.07, 6.45) is -2.04. The van der Waals surface area contributed by atoms with Crippen LogP contribution in [0.15, 0.2) is 29.6 Å². The van der Waals surface area contributed by atoms with E-state index >= 15 is 0 Å². The second kappa shape index (κ2) is 13.5. The summed E-state index contributed by atoms with van der Waals surface area (Å²) >= 11 is 1.36. The third-order valence-corrected chi connectivity index (χ3v) is 5.51. The molecule has 0 unspecified atom stereocenters. The van der Waals surface area contributed by atoms with Crippen molar-refractivity contribution >= 4 is 35.2 Å². The summed E-state index contributed by atoms with van der Waals surface area (Å²) < 4.78 is 13.7. The summed E-state index contributed by atoms with van der Waals surface area (Å²) in [5, 5.41) is 36.2. The van der Waals surface area contributed by atoms with Crippen molar-refractivity contribution in [3.8, 4) is 10.6 Å². The van der Waals surface area contributed by atoms with E-state index in [1.165, 1.54) is 17.4 Å². The van der Waals surface area contributed by atoms with Crippen molar-refractivity contribution in [3.63, 3.8) is 0 Å². The van der Waals surface area contributed by atoms with Crippen LogP contribution in [-0.2, 0) is 25.6 Å². The molecule has 0 radical (unpaired) electrons. The van der Waals surface area contributed by atoms with Gasteiger partial charge in [-0.2, -0.15) is 0 Å². The Balaban J connectivity index is 0.000000405. The van der Waals surface area contributed by atoms with Crippen LogP contribution < -0.4 is 0 Å². The molecule has 0 saturated carbocycles. The molecule has 2 aromatic rings. The molecule has 13 heteroatoms. The van der Waals surface area contributed by atoms with Gasteiger partial charge in [0, 0.05) is 31.1 Å². The maximum atomic E-state index is 13.7. The number of likely N-dealkylation sites (N-methyl/N-ethyl adjacent to an activating group) is 2. The molecule has 1 aromatic heterocycles. The van der Waals surface area contributed by atoms with Crippen LogP contribution in [0.3, 0.4) is 0 Å². The SMILES string of the molecule is CN(C)CCN(C)C(=O)Cc1csc(-c2ccccc2F)n1.O=C(O)CC(O)(CC(=O)O)C(=O)O. The van der Waals surface area contributed by atoms with E-state index in [1.807, 2.05) is 24.4 Å². The number of carboxylic acid groups (broad SMARTS) is 3. The third kappa shape index (κ3) is 10.2. The Morgan fingerprint density at radius 2 is 1.57 bits per heavy atom. The molecule has 0 spiro atoms. The molecule has 1 aromatic carbocycles. The van der Waals surface area contributed by atoms with E-state index in [-0.39, 0.29) is 18.1 Å². The number of carbonyl (C=O) groups excluding carboxylic acids is 1. The highest BCUT2D eigenvalue weighted by Gasteiger charge is 2.40. The number of carbonyl (C=O) groups is 4. The fraction of sp³-hybridized carbons (Fsp3) is 0.409. The van der Waals surface area contributed by atoms with Crippen molar-refractivity contribution in [1.29, 1.82) is 0 Å². The van der Waals surface area contributed by atoms with Crippen LogP contribution in [0.2, 0.25) is 0 Å². The Bertz CT molecular complexity index is 1030. The topological polar surface area (TPSA) is 169 Å². The molecule has 4 N–H and O–H groups in total. The molecule has 1 amide bonds. The minimum Gasteiger partial charge on any atom is -0.481 e.